The lowest BCUT2D eigenvalue weighted by molar-refractivity contribution is 0.0784. The van der Waals surface area contributed by atoms with Crippen molar-refractivity contribution in [2.75, 3.05) is 7.05 Å². The summed E-state index contributed by atoms with van der Waals surface area (Å²) >= 11 is 0. The van der Waals surface area contributed by atoms with E-state index in [1.54, 1.807) is 26.1 Å². The van der Waals surface area contributed by atoms with Gasteiger partial charge in [0.15, 0.2) is 0 Å². The molecule has 1 aromatic heterocycles. The lowest BCUT2D eigenvalue weighted by Crippen LogP contribution is -2.27. The fourth-order valence-electron chi connectivity index (χ4n) is 2.59. The van der Waals surface area contributed by atoms with E-state index in [0.29, 0.717) is 23.6 Å². The Morgan fingerprint density at radius 1 is 1.17 bits per heavy atom. The van der Waals surface area contributed by atoms with Gasteiger partial charge < -0.3 is 9.42 Å². The summed E-state index contributed by atoms with van der Waals surface area (Å²) in [6, 6.07) is 15.6. The van der Waals surface area contributed by atoms with Crippen LogP contribution >= 0.6 is 0 Å². The van der Waals surface area contributed by atoms with E-state index in [1.807, 2.05) is 30.3 Å². The SMILES string of the molecule is Cc1onc(-c2ccccc2)c1C(=O)N(C)Cc1cccc(F)c1. The minimum atomic E-state index is -0.320. The monoisotopic (exact) mass is 324 g/mol. The molecule has 4 nitrogen and oxygen atoms in total. The molecule has 0 bridgehead atoms. The Kier molecular flexibility index (Phi) is 4.42. The number of carbonyl (C=O) groups excluding carboxylic acids is 1. The van der Waals surface area contributed by atoms with Gasteiger partial charge in [0.1, 0.15) is 22.8 Å². The fraction of sp³-hybridized carbons (Fsp3) is 0.158. The number of halogens is 1. The molecule has 0 spiro atoms. The maximum absolute atomic E-state index is 13.3. The first kappa shape index (κ1) is 15.9. The molecule has 0 unspecified atom stereocenters. The maximum Gasteiger partial charge on any atom is 0.259 e. The van der Waals surface area contributed by atoms with Gasteiger partial charge in [-0.3, -0.25) is 4.79 Å². The summed E-state index contributed by atoms with van der Waals surface area (Å²) in [5, 5.41) is 4.03. The van der Waals surface area contributed by atoms with E-state index in [9.17, 15) is 9.18 Å². The molecule has 0 aliphatic rings. The Morgan fingerprint density at radius 2 is 1.92 bits per heavy atom. The number of nitrogens with zero attached hydrogens (tertiary/aromatic N) is 2. The molecule has 0 aliphatic carbocycles. The lowest BCUT2D eigenvalue weighted by atomic mass is 10.1. The summed E-state index contributed by atoms with van der Waals surface area (Å²) in [5.41, 5.74) is 2.49. The quantitative estimate of drug-likeness (QED) is 0.727. The molecule has 0 saturated heterocycles. The van der Waals surface area contributed by atoms with Crippen LogP contribution in [0.4, 0.5) is 4.39 Å². The second kappa shape index (κ2) is 6.66. The van der Waals surface area contributed by atoms with Crippen molar-refractivity contribution in [1.29, 1.82) is 0 Å². The molecular weight excluding hydrogens is 307 g/mol. The van der Waals surface area contributed by atoms with Crippen LogP contribution in [0.2, 0.25) is 0 Å². The van der Waals surface area contributed by atoms with Crippen molar-refractivity contribution in [1.82, 2.24) is 10.1 Å². The highest BCUT2D eigenvalue weighted by Gasteiger charge is 2.24. The average Bonchev–Trinajstić information content (AvgIpc) is 2.96. The Bertz CT molecular complexity index is 859. The lowest BCUT2D eigenvalue weighted by Gasteiger charge is -2.17. The van der Waals surface area contributed by atoms with Gasteiger partial charge in [0, 0.05) is 19.2 Å². The first-order chi connectivity index (χ1) is 11.6. The Hall–Kier alpha value is -2.95. The number of rotatable bonds is 4. The van der Waals surface area contributed by atoms with Gasteiger partial charge in [-0.1, -0.05) is 47.6 Å². The van der Waals surface area contributed by atoms with Crippen molar-refractivity contribution in [3.63, 3.8) is 0 Å². The standard InChI is InChI=1S/C19H17FN2O2/c1-13-17(18(21-24-13)15-8-4-3-5-9-15)19(23)22(2)12-14-7-6-10-16(20)11-14/h3-11H,12H2,1-2H3. The molecule has 1 amide bonds. The number of benzene rings is 2. The van der Waals surface area contributed by atoms with Crippen LogP contribution in [0.5, 0.6) is 0 Å². The third-order valence-corrected chi connectivity index (χ3v) is 3.78. The summed E-state index contributed by atoms with van der Waals surface area (Å²) in [4.78, 5) is 14.4. The van der Waals surface area contributed by atoms with Crippen molar-refractivity contribution in [3.8, 4) is 11.3 Å². The summed E-state index contributed by atoms with van der Waals surface area (Å²) in [5.74, 6) is -0.0682. The molecule has 5 heteroatoms. The van der Waals surface area contributed by atoms with E-state index in [2.05, 4.69) is 5.16 Å². The molecule has 3 aromatic rings. The summed E-state index contributed by atoms with van der Waals surface area (Å²) < 4.78 is 18.5. The van der Waals surface area contributed by atoms with Gasteiger partial charge in [-0.05, 0) is 24.6 Å². The Balaban J connectivity index is 1.89. The van der Waals surface area contributed by atoms with E-state index in [-0.39, 0.29) is 11.7 Å². The molecule has 0 N–H and O–H groups in total. The third kappa shape index (κ3) is 3.20. The first-order valence-corrected chi connectivity index (χ1v) is 7.58. The van der Waals surface area contributed by atoms with Crippen molar-refractivity contribution < 1.29 is 13.7 Å². The van der Waals surface area contributed by atoms with E-state index >= 15 is 0 Å². The zero-order chi connectivity index (χ0) is 17.1. The smallest absolute Gasteiger partial charge is 0.259 e. The second-order valence-corrected chi connectivity index (χ2v) is 5.62. The normalized spacial score (nSPS) is 10.6. The number of hydrogen-bond donors (Lipinski definition) is 0. The number of aryl methyl sites for hydroxylation is 1. The fourth-order valence-corrected chi connectivity index (χ4v) is 2.59. The molecular formula is C19H17FN2O2. The van der Waals surface area contributed by atoms with Crippen molar-refractivity contribution in [3.05, 3.63) is 77.3 Å². The molecule has 24 heavy (non-hydrogen) atoms. The van der Waals surface area contributed by atoms with Crippen molar-refractivity contribution in [2.24, 2.45) is 0 Å². The molecule has 0 radical (unpaired) electrons. The van der Waals surface area contributed by atoms with E-state index in [1.165, 1.54) is 17.0 Å². The minimum Gasteiger partial charge on any atom is -0.360 e. The number of hydrogen-bond acceptors (Lipinski definition) is 3. The molecule has 2 aromatic carbocycles. The van der Waals surface area contributed by atoms with Gasteiger partial charge in [-0.25, -0.2) is 4.39 Å². The summed E-state index contributed by atoms with van der Waals surface area (Å²) in [7, 11) is 1.68. The van der Waals surface area contributed by atoms with Gasteiger partial charge in [-0.2, -0.15) is 0 Å². The highest BCUT2D eigenvalue weighted by Crippen LogP contribution is 2.26. The van der Waals surface area contributed by atoms with Gasteiger partial charge in [-0.15, -0.1) is 0 Å². The van der Waals surface area contributed by atoms with Crippen LogP contribution in [0.1, 0.15) is 21.7 Å². The largest absolute Gasteiger partial charge is 0.360 e. The number of amides is 1. The van der Waals surface area contributed by atoms with Gasteiger partial charge in [0.25, 0.3) is 5.91 Å². The predicted molar refractivity (Wildman–Crippen MR) is 88.9 cm³/mol. The van der Waals surface area contributed by atoms with E-state index < -0.39 is 0 Å². The molecule has 122 valence electrons. The zero-order valence-electron chi connectivity index (χ0n) is 13.5. The van der Waals surface area contributed by atoms with Crippen molar-refractivity contribution >= 4 is 5.91 Å². The topological polar surface area (TPSA) is 46.3 Å². The molecule has 0 fully saturated rings. The molecule has 0 atom stereocenters. The predicted octanol–water partition coefficient (Wildman–Crippen LogP) is 4.06. The van der Waals surface area contributed by atoms with E-state index in [4.69, 9.17) is 4.52 Å². The van der Waals surface area contributed by atoms with Crippen LogP contribution in [-0.4, -0.2) is 23.0 Å². The Morgan fingerprint density at radius 3 is 2.62 bits per heavy atom. The maximum atomic E-state index is 13.3. The van der Waals surface area contributed by atoms with Crippen LogP contribution in [0, 0.1) is 12.7 Å². The third-order valence-electron chi connectivity index (χ3n) is 3.78. The van der Waals surface area contributed by atoms with Crippen LogP contribution < -0.4 is 0 Å². The number of carbonyl (C=O) groups is 1. The molecule has 0 saturated carbocycles. The molecule has 3 rings (SSSR count). The zero-order valence-corrected chi connectivity index (χ0v) is 13.5. The molecule has 1 heterocycles. The van der Waals surface area contributed by atoms with Crippen LogP contribution in [0.25, 0.3) is 11.3 Å². The average molecular weight is 324 g/mol. The minimum absolute atomic E-state index is 0.211. The van der Waals surface area contributed by atoms with Crippen LogP contribution in [0.3, 0.4) is 0 Å². The summed E-state index contributed by atoms with van der Waals surface area (Å²) in [6.45, 7) is 2.01. The van der Waals surface area contributed by atoms with Crippen LogP contribution in [-0.2, 0) is 6.54 Å². The molecule has 0 aliphatic heterocycles. The first-order valence-electron chi connectivity index (χ1n) is 7.58. The second-order valence-electron chi connectivity index (χ2n) is 5.62. The van der Waals surface area contributed by atoms with Gasteiger partial charge in [0.05, 0.1) is 0 Å². The summed E-state index contributed by atoms with van der Waals surface area (Å²) in [6.07, 6.45) is 0. The van der Waals surface area contributed by atoms with E-state index in [0.717, 1.165) is 11.1 Å². The van der Waals surface area contributed by atoms with Gasteiger partial charge in [0.2, 0.25) is 0 Å². The van der Waals surface area contributed by atoms with Gasteiger partial charge >= 0.3 is 0 Å². The highest BCUT2D eigenvalue weighted by molar-refractivity contribution is 6.00. The number of aromatic nitrogens is 1. The van der Waals surface area contributed by atoms with Crippen molar-refractivity contribution in [2.45, 2.75) is 13.5 Å². The van der Waals surface area contributed by atoms with Crippen LogP contribution in [0.15, 0.2) is 59.1 Å². The highest BCUT2D eigenvalue weighted by atomic mass is 19.1. The Labute approximate surface area is 139 Å².